The van der Waals surface area contributed by atoms with Crippen LogP contribution in [0.1, 0.15) is 11.1 Å². The molecule has 4 rings (SSSR count). The van der Waals surface area contributed by atoms with E-state index in [0.29, 0.717) is 0 Å². The average Bonchev–Trinajstić information content (AvgIpc) is 3.01. The number of aliphatic carboxylic acids is 1. The third-order valence-electron chi connectivity index (χ3n) is 3.56. The van der Waals surface area contributed by atoms with Gasteiger partial charge in [-0.15, -0.1) is 0 Å². The van der Waals surface area contributed by atoms with E-state index in [1.807, 2.05) is 66.8 Å². The van der Waals surface area contributed by atoms with Gasteiger partial charge in [-0.25, -0.2) is 0 Å². The van der Waals surface area contributed by atoms with Crippen LogP contribution in [0.3, 0.4) is 0 Å². The Kier molecular flexibility index (Phi) is 5.57. The summed E-state index contributed by atoms with van der Waals surface area (Å²) in [5.74, 6) is -0.0960. The maximum absolute atomic E-state index is 10.7. The second kappa shape index (κ2) is 8.43. The first-order valence-corrected chi connectivity index (χ1v) is 7.99. The van der Waals surface area contributed by atoms with Gasteiger partial charge in [0.05, 0.1) is 11.9 Å². The zero-order valence-corrected chi connectivity index (χ0v) is 13.9. The minimum Gasteiger partial charge on any atom is -0.480 e. The van der Waals surface area contributed by atoms with Gasteiger partial charge in [0.1, 0.15) is 6.54 Å². The standard InChI is InChI=1S/C11H10N2O2.C9H7NO/c14-11(15)8-13-10-6-2-1-4-9(10)5-3-7-12-13;1-2-6-9-8(4-1)5-3-7-10-11-9/h1-7H,8H2,(H,14,15);1-7H. The number of allylic oxidation sites excluding steroid dienone is 2. The van der Waals surface area contributed by atoms with Gasteiger partial charge >= 0.3 is 5.97 Å². The van der Waals surface area contributed by atoms with Gasteiger partial charge in [0.2, 0.25) is 0 Å². The van der Waals surface area contributed by atoms with Crippen molar-refractivity contribution < 1.29 is 14.7 Å². The number of rotatable bonds is 2. The van der Waals surface area contributed by atoms with Crippen LogP contribution in [-0.2, 0) is 4.79 Å². The van der Waals surface area contributed by atoms with Crippen LogP contribution >= 0.6 is 0 Å². The Hall–Kier alpha value is -3.67. The molecule has 2 aromatic rings. The molecule has 2 aliphatic heterocycles. The highest BCUT2D eigenvalue weighted by Gasteiger charge is 2.12. The average molecular weight is 347 g/mol. The zero-order chi connectivity index (χ0) is 18.2. The van der Waals surface area contributed by atoms with Crippen LogP contribution < -0.4 is 9.85 Å². The Morgan fingerprint density at radius 1 is 0.962 bits per heavy atom. The molecule has 130 valence electrons. The first-order chi connectivity index (χ1) is 12.7. The van der Waals surface area contributed by atoms with Crippen molar-refractivity contribution in [2.45, 2.75) is 0 Å². The maximum Gasteiger partial charge on any atom is 0.325 e. The number of nitrogens with zero attached hydrogens (tertiary/aromatic N) is 3. The number of fused-ring (bicyclic) bond motifs is 2. The summed E-state index contributed by atoms with van der Waals surface area (Å²) in [5, 5.41) is 18.0. The Morgan fingerprint density at radius 3 is 2.50 bits per heavy atom. The number of carboxylic acids is 1. The Labute approximate surface area is 151 Å². The van der Waals surface area contributed by atoms with Gasteiger partial charge in [-0.2, -0.15) is 5.10 Å². The highest BCUT2D eigenvalue weighted by Crippen LogP contribution is 2.23. The van der Waals surface area contributed by atoms with Crippen LogP contribution in [0.15, 0.2) is 70.9 Å². The van der Waals surface area contributed by atoms with E-state index in [4.69, 9.17) is 9.94 Å². The minimum atomic E-state index is -0.899. The highest BCUT2D eigenvalue weighted by atomic mass is 16.6. The second-order valence-electron chi connectivity index (χ2n) is 5.38. The quantitative estimate of drug-likeness (QED) is 0.899. The normalized spacial score (nSPS) is 13.5. The number of hydrogen-bond acceptors (Lipinski definition) is 5. The maximum atomic E-state index is 10.7. The lowest BCUT2D eigenvalue weighted by Crippen LogP contribution is -2.24. The predicted octanol–water partition coefficient (Wildman–Crippen LogP) is 3.67. The summed E-state index contributed by atoms with van der Waals surface area (Å²) in [7, 11) is 0. The number of carboxylic acid groups (broad SMARTS) is 1. The summed E-state index contributed by atoms with van der Waals surface area (Å²) in [6.45, 7) is -0.130. The van der Waals surface area contributed by atoms with Crippen LogP contribution in [0, 0.1) is 0 Å². The fraction of sp³-hybridized carbons (Fsp3) is 0.0500. The Balaban J connectivity index is 0.000000158. The predicted molar refractivity (Wildman–Crippen MR) is 104 cm³/mol. The zero-order valence-electron chi connectivity index (χ0n) is 13.9. The van der Waals surface area contributed by atoms with Gasteiger partial charge < -0.3 is 9.94 Å². The van der Waals surface area contributed by atoms with Crippen molar-refractivity contribution in [1.29, 1.82) is 0 Å². The minimum absolute atomic E-state index is 0.130. The number of hydrogen-bond donors (Lipinski definition) is 1. The highest BCUT2D eigenvalue weighted by molar-refractivity contribution is 5.86. The molecule has 0 spiro atoms. The molecule has 0 saturated carbocycles. The molecule has 0 aliphatic carbocycles. The van der Waals surface area contributed by atoms with Crippen LogP contribution in [0.5, 0.6) is 5.75 Å². The van der Waals surface area contributed by atoms with Gasteiger partial charge in [-0.1, -0.05) is 47.6 Å². The molecule has 0 saturated heterocycles. The molecule has 0 radical (unpaired) electrons. The summed E-state index contributed by atoms with van der Waals surface area (Å²) in [6, 6.07) is 15.3. The van der Waals surface area contributed by atoms with Crippen molar-refractivity contribution in [3.8, 4) is 5.75 Å². The van der Waals surface area contributed by atoms with Crippen molar-refractivity contribution in [2.75, 3.05) is 11.6 Å². The van der Waals surface area contributed by atoms with E-state index in [-0.39, 0.29) is 6.54 Å². The van der Waals surface area contributed by atoms with Crippen LogP contribution in [0.25, 0.3) is 12.2 Å². The number of hydrazone groups is 1. The Morgan fingerprint density at radius 2 is 1.65 bits per heavy atom. The monoisotopic (exact) mass is 347 g/mol. The summed E-state index contributed by atoms with van der Waals surface area (Å²) in [5.41, 5.74) is 2.84. The van der Waals surface area contributed by atoms with Gasteiger partial charge in [0.15, 0.2) is 5.75 Å². The molecule has 0 atom stereocenters. The number of benzene rings is 2. The molecule has 1 N–H and O–H groups in total. The molecule has 2 heterocycles. The van der Waals surface area contributed by atoms with E-state index >= 15 is 0 Å². The van der Waals surface area contributed by atoms with Gasteiger partial charge in [0, 0.05) is 11.8 Å². The van der Waals surface area contributed by atoms with Crippen LogP contribution in [-0.4, -0.2) is 30.0 Å². The van der Waals surface area contributed by atoms with Crippen molar-refractivity contribution in [3.05, 3.63) is 71.8 Å². The molecule has 26 heavy (non-hydrogen) atoms. The van der Waals surface area contributed by atoms with E-state index in [9.17, 15) is 4.79 Å². The van der Waals surface area contributed by atoms with Gasteiger partial charge in [0.25, 0.3) is 0 Å². The van der Waals surface area contributed by atoms with Crippen molar-refractivity contribution in [1.82, 2.24) is 0 Å². The fourth-order valence-corrected chi connectivity index (χ4v) is 2.42. The molecule has 6 heteroatoms. The topological polar surface area (TPSA) is 74.5 Å². The molecule has 0 unspecified atom stereocenters. The lowest BCUT2D eigenvalue weighted by Gasteiger charge is -2.17. The molecule has 6 nitrogen and oxygen atoms in total. The molecule has 0 aromatic heterocycles. The smallest absolute Gasteiger partial charge is 0.325 e. The number of oxime groups is 1. The van der Waals surface area contributed by atoms with E-state index < -0.39 is 5.97 Å². The molecule has 0 fully saturated rings. The summed E-state index contributed by atoms with van der Waals surface area (Å²) in [4.78, 5) is 15.7. The molecule has 0 bridgehead atoms. The van der Waals surface area contributed by atoms with Crippen molar-refractivity contribution in [3.63, 3.8) is 0 Å². The number of anilines is 1. The lowest BCUT2D eigenvalue weighted by atomic mass is 10.1. The molecule has 2 aromatic carbocycles. The van der Waals surface area contributed by atoms with E-state index in [2.05, 4.69) is 10.3 Å². The summed E-state index contributed by atoms with van der Waals surface area (Å²) < 4.78 is 0. The third kappa shape index (κ3) is 4.45. The molecule has 2 aliphatic rings. The van der Waals surface area contributed by atoms with E-state index in [1.54, 1.807) is 18.5 Å². The van der Waals surface area contributed by atoms with Gasteiger partial charge in [-0.3, -0.25) is 9.80 Å². The largest absolute Gasteiger partial charge is 0.480 e. The van der Waals surface area contributed by atoms with Crippen molar-refractivity contribution >= 4 is 36.2 Å². The first kappa shape index (κ1) is 17.2. The van der Waals surface area contributed by atoms with E-state index in [0.717, 1.165) is 22.6 Å². The number of para-hydroxylation sites is 2. The molecular formula is C20H17N3O3. The first-order valence-electron chi connectivity index (χ1n) is 7.99. The second-order valence-corrected chi connectivity index (χ2v) is 5.38. The summed E-state index contributed by atoms with van der Waals surface area (Å²) in [6.07, 6.45) is 10.7. The lowest BCUT2D eigenvalue weighted by molar-refractivity contribution is -0.135. The van der Waals surface area contributed by atoms with Crippen molar-refractivity contribution in [2.24, 2.45) is 10.3 Å². The molecular weight excluding hydrogens is 330 g/mol. The van der Waals surface area contributed by atoms with Crippen LogP contribution in [0.2, 0.25) is 0 Å². The number of carbonyl (C=O) groups is 1. The van der Waals surface area contributed by atoms with E-state index in [1.165, 1.54) is 5.01 Å². The van der Waals surface area contributed by atoms with Gasteiger partial charge in [-0.05, 0) is 35.9 Å². The third-order valence-corrected chi connectivity index (χ3v) is 3.56. The SMILES string of the molecule is C1=Cc2ccccc2ON=C1.O=C(O)CN1N=CC=Cc2ccccc21. The molecule has 0 amide bonds. The fourth-order valence-electron chi connectivity index (χ4n) is 2.42. The van der Waals surface area contributed by atoms with Crippen LogP contribution in [0.4, 0.5) is 5.69 Å². The summed E-state index contributed by atoms with van der Waals surface area (Å²) >= 11 is 0. The Bertz CT molecular complexity index is 901.